The summed E-state index contributed by atoms with van der Waals surface area (Å²) in [5.41, 5.74) is 6.19. The van der Waals surface area contributed by atoms with Crippen LogP contribution in [0, 0.1) is 6.92 Å². The van der Waals surface area contributed by atoms with Crippen LogP contribution in [-0.2, 0) is 4.79 Å². The number of carbonyl (C=O) groups is 2. The quantitative estimate of drug-likeness (QED) is 0.315. The van der Waals surface area contributed by atoms with E-state index in [9.17, 15) is 9.59 Å². The molecule has 0 atom stereocenters. The summed E-state index contributed by atoms with van der Waals surface area (Å²) < 4.78 is 12.6. The Kier molecular flexibility index (Phi) is 10.2. The van der Waals surface area contributed by atoms with Crippen LogP contribution < -0.4 is 20.3 Å². The van der Waals surface area contributed by atoms with E-state index in [0.717, 1.165) is 22.9 Å². The molecule has 0 unspecified atom stereocenters. The van der Waals surface area contributed by atoms with Gasteiger partial charge in [-0.15, -0.1) is 0 Å². The molecule has 0 aliphatic heterocycles. The third-order valence-corrected chi connectivity index (χ3v) is 5.45. The van der Waals surface area contributed by atoms with E-state index in [1.165, 1.54) is 12.8 Å². The number of hydrogen-bond donors (Lipinski definition) is 2. The van der Waals surface area contributed by atoms with E-state index in [2.05, 4.69) is 49.6 Å². The predicted octanol–water partition coefficient (Wildman–Crippen LogP) is 5.32. The minimum atomic E-state index is -0.470. The highest BCUT2D eigenvalue weighted by molar-refractivity contribution is 9.10. The first-order valence-electron chi connectivity index (χ1n) is 9.81. The Morgan fingerprint density at radius 1 is 0.900 bits per heavy atom. The largest absolute Gasteiger partial charge is 0.492 e. The van der Waals surface area contributed by atoms with E-state index in [0.29, 0.717) is 28.1 Å². The molecule has 0 saturated heterocycles. The van der Waals surface area contributed by atoms with Crippen LogP contribution in [0.4, 0.5) is 0 Å². The smallest absolute Gasteiger partial charge is 0.276 e. The maximum atomic E-state index is 12.3. The average molecular weight is 542 g/mol. The van der Waals surface area contributed by atoms with Gasteiger partial charge >= 0.3 is 0 Å². The summed E-state index contributed by atoms with van der Waals surface area (Å²) in [6, 6.07) is 10.6. The van der Waals surface area contributed by atoms with Crippen molar-refractivity contribution in [3.05, 3.63) is 56.5 Å². The zero-order valence-electron chi connectivity index (χ0n) is 17.1. The van der Waals surface area contributed by atoms with E-state index >= 15 is 0 Å². The van der Waals surface area contributed by atoms with Gasteiger partial charge in [-0.25, -0.2) is 0 Å². The highest BCUT2D eigenvalue weighted by atomic mass is 79.9. The number of unbranched alkanes of at least 4 members (excludes halogenated alkanes) is 3. The van der Waals surface area contributed by atoms with Crippen LogP contribution in [-0.4, -0.2) is 25.0 Å². The molecule has 162 valence electrons. The summed E-state index contributed by atoms with van der Waals surface area (Å²) in [5, 5.41) is 0. The fraction of sp³-hybridized carbons (Fsp3) is 0.364. The van der Waals surface area contributed by atoms with E-state index < -0.39 is 11.8 Å². The van der Waals surface area contributed by atoms with E-state index in [1.54, 1.807) is 24.3 Å². The second-order valence-electron chi connectivity index (χ2n) is 6.78. The molecule has 0 radical (unpaired) electrons. The molecular formula is C22H26Br2N2O4. The molecule has 0 fully saturated rings. The van der Waals surface area contributed by atoms with Gasteiger partial charge in [0.05, 0.1) is 15.6 Å². The summed E-state index contributed by atoms with van der Waals surface area (Å²) in [4.78, 5) is 24.2. The number of carbonyl (C=O) groups excluding carboxylic acids is 2. The van der Waals surface area contributed by atoms with Gasteiger partial charge in [0.15, 0.2) is 6.61 Å². The number of hydrazine groups is 1. The van der Waals surface area contributed by atoms with Gasteiger partial charge in [0, 0.05) is 5.56 Å². The van der Waals surface area contributed by atoms with E-state index in [1.807, 2.05) is 19.1 Å². The molecule has 30 heavy (non-hydrogen) atoms. The fourth-order valence-corrected chi connectivity index (χ4v) is 3.67. The Bertz CT molecular complexity index is 874. The van der Waals surface area contributed by atoms with Crippen molar-refractivity contribution < 1.29 is 19.1 Å². The highest BCUT2D eigenvalue weighted by Crippen LogP contribution is 2.27. The van der Waals surface area contributed by atoms with Crippen LogP contribution in [0.2, 0.25) is 0 Å². The molecule has 2 aromatic carbocycles. The van der Waals surface area contributed by atoms with Crippen molar-refractivity contribution in [2.45, 2.75) is 39.5 Å². The number of rotatable bonds is 10. The minimum absolute atomic E-state index is 0.226. The average Bonchev–Trinajstić information content (AvgIpc) is 2.72. The van der Waals surface area contributed by atoms with Crippen LogP contribution in [0.1, 0.15) is 48.5 Å². The first-order chi connectivity index (χ1) is 14.4. The van der Waals surface area contributed by atoms with Crippen molar-refractivity contribution in [2.75, 3.05) is 13.2 Å². The molecule has 0 aliphatic rings. The summed E-state index contributed by atoms with van der Waals surface area (Å²) in [6.45, 7) is 4.54. The van der Waals surface area contributed by atoms with Crippen LogP contribution >= 0.6 is 31.9 Å². The Morgan fingerprint density at radius 3 is 2.30 bits per heavy atom. The van der Waals surface area contributed by atoms with Crippen molar-refractivity contribution in [3.63, 3.8) is 0 Å². The number of aryl methyl sites for hydroxylation is 1. The van der Waals surface area contributed by atoms with Gasteiger partial charge in [0.2, 0.25) is 0 Å². The molecule has 6 nitrogen and oxygen atoms in total. The molecule has 8 heteroatoms. The van der Waals surface area contributed by atoms with Crippen LogP contribution in [0.15, 0.2) is 45.3 Å². The first kappa shape index (κ1) is 24.2. The number of nitrogens with one attached hydrogen (secondary N) is 2. The monoisotopic (exact) mass is 540 g/mol. The van der Waals surface area contributed by atoms with Crippen molar-refractivity contribution in [2.24, 2.45) is 0 Å². The summed E-state index contributed by atoms with van der Waals surface area (Å²) in [5.74, 6) is 0.331. The first-order valence-corrected chi connectivity index (χ1v) is 11.4. The molecule has 0 aliphatic carbocycles. The highest BCUT2D eigenvalue weighted by Gasteiger charge is 2.11. The number of amides is 2. The number of hydrogen-bond acceptors (Lipinski definition) is 4. The number of benzene rings is 2. The van der Waals surface area contributed by atoms with Gasteiger partial charge in [-0.05, 0) is 81.1 Å². The van der Waals surface area contributed by atoms with Gasteiger partial charge in [0.25, 0.3) is 11.8 Å². The Morgan fingerprint density at radius 2 is 1.60 bits per heavy atom. The Hall–Kier alpha value is -2.06. The normalized spacial score (nSPS) is 10.4. The Labute approximate surface area is 193 Å². The second-order valence-corrected chi connectivity index (χ2v) is 8.49. The van der Waals surface area contributed by atoms with Crippen LogP contribution in [0.3, 0.4) is 0 Å². The fourth-order valence-electron chi connectivity index (χ4n) is 2.57. The molecule has 0 bridgehead atoms. The van der Waals surface area contributed by atoms with E-state index in [4.69, 9.17) is 9.47 Å². The van der Waals surface area contributed by atoms with Crippen molar-refractivity contribution in [1.29, 1.82) is 0 Å². The molecule has 2 N–H and O–H groups in total. The van der Waals surface area contributed by atoms with Crippen molar-refractivity contribution in [3.8, 4) is 11.5 Å². The second kappa shape index (κ2) is 12.6. The summed E-state index contributed by atoms with van der Waals surface area (Å²) in [6.07, 6.45) is 4.51. The van der Waals surface area contributed by atoms with Crippen LogP contribution in [0.25, 0.3) is 0 Å². The van der Waals surface area contributed by atoms with Gasteiger partial charge in [0.1, 0.15) is 11.5 Å². The third kappa shape index (κ3) is 7.99. The lowest BCUT2D eigenvalue weighted by Gasteiger charge is -2.12. The molecule has 0 heterocycles. The molecule has 2 aromatic rings. The van der Waals surface area contributed by atoms with Gasteiger partial charge < -0.3 is 9.47 Å². The molecule has 0 spiro atoms. The summed E-state index contributed by atoms with van der Waals surface area (Å²) >= 11 is 6.81. The van der Waals surface area contributed by atoms with Crippen molar-refractivity contribution in [1.82, 2.24) is 10.9 Å². The molecule has 2 amide bonds. The van der Waals surface area contributed by atoms with Crippen molar-refractivity contribution >= 4 is 43.7 Å². The molecular weight excluding hydrogens is 516 g/mol. The molecule has 2 rings (SSSR count). The topological polar surface area (TPSA) is 76.7 Å². The lowest BCUT2D eigenvalue weighted by molar-refractivity contribution is -0.123. The molecule has 0 saturated carbocycles. The maximum absolute atomic E-state index is 12.3. The van der Waals surface area contributed by atoms with Gasteiger partial charge in [-0.2, -0.15) is 0 Å². The minimum Gasteiger partial charge on any atom is -0.492 e. The van der Waals surface area contributed by atoms with E-state index in [-0.39, 0.29) is 6.61 Å². The lowest BCUT2D eigenvalue weighted by atomic mass is 10.2. The van der Waals surface area contributed by atoms with Gasteiger partial charge in [-0.3, -0.25) is 20.4 Å². The van der Waals surface area contributed by atoms with Gasteiger partial charge in [-0.1, -0.05) is 32.3 Å². The number of ether oxygens (including phenoxy) is 2. The number of halogens is 2. The maximum Gasteiger partial charge on any atom is 0.276 e. The summed E-state index contributed by atoms with van der Waals surface area (Å²) in [7, 11) is 0. The SMILES string of the molecule is CCCCCCOc1ccc(C(=O)NNC(=O)COc2ccc(C)cc2Br)cc1Br. The third-order valence-electron chi connectivity index (χ3n) is 4.21. The lowest BCUT2D eigenvalue weighted by Crippen LogP contribution is -2.43. The zero-order valence-corrected chi connectivity index (χ0v) is 20.3. The van der Waals surface area contributed by atoms with Crippen LogP contribution in [0.5, 0.6) is 11.5 Å². The zero-order chi connectivity index (χ0) is 21.9. The predicted molar refractivity (Wildman–Crippen MR) is 124 cm³/mol. The standard InChI is InChI=1S/C22H26Br2N2O4/c1-3-4-5-6-11-29-19-10-8-16(13-18(19)24)22(28)26-25-21(27)14-30-20-9-7-15(2)12-17(20)23/h7-10,12-13H,3-6,11,14H2,1-2H3,(H,25,27)(H,26,28). The Balaban J connectivity index is 1.78. The molecule has 0 aromatic heterocycles.